The van der Waals surface area contributed by atoms with Crippen LogP contribution in [0.2, 0.25) is 10.0 Å². The number of thiophene rings is 1. The minimum Gasteiger partial charge on any atom is -0.466 e. The summed E-state index contributed by atoms with van der Waals surface area (Å²) >= 11 is 13.6. The Hall–Kier alpha value is -2.42. The van der Waals surface area contributed by atoms with E-state index in [2.05, 4.69) is 15.5 Å². The number of halogens is 2. The summed E-state index contributed by atoms with van der Waals surface area (Å²) < 4.78 is 10.1. The monoisotopic (exact) mass is 439 g/mol. The van der Waals surface area contributed by atoms with Crippen molar-refractivity contribution in [2.45, 2.75) is 19.8 Å². The van der Waals surface area contributed by atoms with Crippen molar-refractivity contribution >= 4 is 52.1 Å². The Kier molecular flexibility index (Phi) is 6.66. The molecule has 0 radical (unpaired) electrons. The molecular weight excluding hydrogens is 425 g/mol. The second kappa shape index (κ2) is 9.18. The normalized spacial score (nSPS) is 10.7. The van der Waals surface area contributed by atoms with E-state index in [0.29, 0.717) is 37.9 Å². The lowest BCUT2D eigenvalue weighted by Gasteiger charge is -2.08. The molecule has 3 rings (SSSR count). The van der Waals surface area contributed by atoms with Gasteiger partial charge < -0.3 is 14.6 Å². The van der Waals surface area contributed by atoms with Crippen LogP contribution in [-0.4, -0.2) is 28.6 Å². The molecule has 0 aliphatic carbocycles. The fourth-order valence-corrected chi connectivity index (χ4v) is 3.52. The molecule has 146 valence electrons. The molecule has 2 aromatic heterocycles. The smallest absolute Gasteiger partial charge is 0.306 e. The Labute approximate surface area is 174 Å². The number of aromatic nitrogens is 2. The molecule has 7 nitrogen and oxygen atoms in total. The molecule has 1 aromatic carbocycles. The van der Waals surface area contributed by atoms with Crippen LogP contribution in [-0.2, 0) is 14.3 Å². The van der Waals surface area contributed by atoms with Crippen molar-refractivity contribution in [3.05, 3.63) is 39.7 Å². The number of benzene rings is 1. The van der Waals surface area contributed by atoms with E-state index in [9.17, 15) is 9.59 Å². The number of nitrogens with zero attached hydrogens (tertiary/aromatic N) is 2. The van der Waals surface area contributed by atoms with E-state index < -0.39 is 5.97 Å². The maximum atomic E-state index is 12.1. The molecule has 10 heteroatoms. The largest absolute Gasteiger partial charge is 0.466 e. The SMILES string of the molecule is CCOC(=O)CCC(=O)Nc1cc(-c2noc(-c3sccc3Cl)n2)ccc1Cl. The van der Waals surface area contributed by atoms with Crippen molar-refractivity contribution in [2.24, 2.45) is 0 Å². The molecule has 0 saturated heterocycles. The molecule has 0 bridgehead atoms. The fraction of sp³-hybridized carbons (Fsp3) is 0.222. The quantitative estimate of drug-likeness (QED) is 0.517. The predicted octanol–water partition coefficient (Wildman–Crippen LogP) is 5.05. The molecule has 0 spiro atoms. The van der Waals surface area contributed by atoms with Gasteiger partial charge in [-0.05, 0) is 36.6 Å². The molecule has 0 saturated carbocycles. The summed E-state index contributed by atoms with van der Waals surface area (Å²) in [6.45, 7) is 1.98. The Morgan fingerprint density at radius 2 is 2.04 bits per heavy atom. The molecule has 0 aliphatic heterocycles. The highest BCUT2D eigenvalue weighted by molar-refractivity contribution is 7.14. The van der Waals surface area contributed by atoms with E-state index in [1.54, 1.807) is 31.2 Å². The van der Waals surface area contributed by atoms with Crippen LogP contribution in [0.1, 0.15) is 19.8 Å². The van der Waals surface area contributed by atoms with E-state index >= 15 is 0 Å². The van der Waals surface area contributed by atoms with Gasteiger partial charge in [0, 0.05) is 12.0 Å². The summed E-state index contributed by atoms with van der Waals surface area (Å²) in [5.41, 5.74) is 0.987. The van der Waals surface area contributed by atoms with Gasteiger partial charge in [-0.1, -0.05) is 28.4 Å². The molecular formula is C18H15Cl2N3O4S. The number of esters is 1. The zero-order chi connectivity index (χ0) is 20.1. The highest BCUT2D eigenvalue weighted by Gasteiger charge is 2.16. The van der Waals surface area contributed by atoms with Gasteiger partial charge in [-0.15, -0.1) is 11.3 Å². The number of hydrogen-bond acceptors (Lipinski definition) is 7. The van der Waals surface area contributed by atoms with Gasteiger partial charge in [-0.2, -0.15) is 4.98 Å². The van der Waals surface area contributed by atoms with Crippen LogP contribution in [0.5, 0.6) is 0 Å². The van der Waals surface area contributed by atoms with E-state index in [-0.39, 0.29) is 25.4 Å². The highest BCUT2D eigenvalue weighted by Crippen LogP contribution is 2.34. The van der Waals surface area contributed by atoms with E-state index in [4.69, 9.17) is 32.5 Å². The standard InChI is InChI=1S/C18H15Cl2N3O4S/c1-2-26-15(25)6-5-14(24)21-13-9-10(3-4-11(13)19)17-22-18(27-23-17)16-12(20)7-8-28-16/h3-4,7-9H,2,5-6H2,1H3,(H,21,24). The number of amides is 1. The summed E-state index contributed by atoms with van der Waals surface area (Å²) in [5, 5.41) is 9.34. The van der Waals surface area contributed by atoms with Gasteiger partial charge in [0.05, 0.1) is 28.8 Å². The lowest BCUT2D eigenvalue weighted by Crippen LogP contribution is -2.14. The number of anilines is 1. The molecule has 28 heavy (non-hydrogen) atoms. The summed E-state index contributed by atoms with van der Waals surface area (Å²) in [4.78, 5) is 28.5. The Morgan fingerprint density at radius 1 is 1.21 bits per heavy atom. The van der Waals surface area contributed by atoms with Crippen molar-refractivity contribution in [1.29, 1.82) is 0 Å². The van der Waals surface area contributed by atoms with E-state index in [1.165, 1.54) is 11.3 Å². The number of carbonyl (C=O) groups excluding carboxylic acids is 2. The predicted molar refractivity (Wildman–Crippen MR) is 108 cm³/mol. The van der Waals surface area contributed by atoms with Crippen LogP contribution in [0.15, 0.2) is 34.2 Å². The van der Waals surface area contributed by atoms with E-state index in [1.807, 2.05) is 5.38 Å². The zero-order valence-corrected chi connectivity index (χ0v) is 17.0. The van der Waals surface area contributed by atoms with Crippen LogP contribution < -0.4 is 5.32 Å². The van der Waals surface area contributed by atoms with Gasteiger partial charge in [0.2, 0.25) is 11.7 Å². The molecule has 0 unspecified atom stereocenters. The topological polar surface area (TPSA) is 94.3 Å². The summed E-state index contributed by atoms with van der Waals surface area (Å²) in [5.74, 6) is -0.140. The Balaban J connectivity index is 1.73. The number of nitrogens with one attached hydrogen (secondary N) is 1. The lowest BCUT2D eigenvalue weighted by atomic mass is 10.2. The van der Waals surface area contributed by atoms with Crippen LogP contribution in [0, 0.1) is 0 Å². The third-order valence-corrected chi connectivity index (χ3v) is 5.26. The van der Waals surface area contributed by atoms with Crippen molar-refractivity contribution in [1.82, 2.24) is 10.1 Å². The van der Waals surface area contributed by atoms with Crippen LogP contribution >= 0.6 is 34.5 Å². The van der Waals surface area contributed by atoms with Gasteiger partial charge >= 0.3 is 5.97 Å². The first kappa shape index (κ1) is 20.3. The molecule has 3 aromatic rings. The first-order chi connectivity index (χ1) is 13.5. The highest BCUT2D eigenvalue weighted by atomic mass is 35.5. The Bertz CT molecular complexity index is 1000. The third-order valence-electron chi connectivity index (χ3n) is 3.60. The van der Waals surface area contributed by atoms with Crippen LogP contribution in [0.25, 0.3) is 22.2 Å². The Morgan fingerprint density at radius 3 is 2.75 bits per heavy atom. The number of rotatable bonds is 7. The number of carbonyl (C=O) groups is 2. The fourth-order valence-electron chi connectivity index (χ4n) is 2.30. The molecule has 1 N–H and O–H groups in total. The van der Waals surface area contributed by atoms with Crippen LogP contribution in [0.4, 0.5) is 5.69 Å². The first-order valence-corrected chi connectivity index (χ1v) is 9.94. The summed E-state index contributed by atoms with van der Waals surface area (Å²) in [7, 11) is 0. The second-order valence-corrected chi connectivity index (χ2v) is 7.30. The van der Waals surface area contributed by atoms with Gasteiger partial charge in [0.15, 0.2) is 0 Å². The summed E-state index contributed by atoms with van der Waals surface area (Å²) in [6, 6.07) is 6.71. The van der Waals surface area contributed by atoms with Gasteiger partial charge in [-0.25, -0.2) is 0 Å². The molecule has 0 fully saturated rings. The average molecular weight is 440 g/mol. The van der Waals surface area contributed by atoms with Gasteiger partial charge in [-0.3, -0.25) is 9.59 Å². The maximum Gasteiger partial charge on any atom is 0.306 e. The second-order valence-electron chi connectivity index (χ2n) is 5.57. The summed E-state index contributed by atoms with van der Waals surface area (Å²) in [6.07, 6.45) is -0.0185. The van der Waals surface area contributed by atoms with Crippen molar-refractivity contribution in [2.75, 3.05) is 11.9 Å². The van der Waals surface area contributed by atoms with Crippen molar-refractivity contribution < 1.29 is 18.8 Å². The van der Waals surface area contributed by atoms with Crippen LogP contribution in [0.3, 0.4) is 0 Å². The lowest BCUT2D eigenvalue weighted by molar-refractivity contribution is -0.144. The molecule has 0 aliphatic rings. The average Bonchev–Trinajstić information content (AvgIpc) is 3.31. The number of hydrogen-bond donors (Lipinski definition) is 1. The van der Waals surface area contributed by atoms with E-state index in [0.717, 1.165) is 0 Å². The number of ether oxygens (including phenoxy) is 1. The van der Waals surface area contributed by atoms with Crippen molar-refractivity contribution in [3.63, 3.8) is 0 Å². The minimum absolute atomic E-state index is 0.00718. The minimum atomic E-state index is -0.427. The zero-order valence-electron chi connectivity index (χ0n) is 14.7. The first-order valence-electron chi connectivity index (χ1n) is 8.30. The molecule has 2 heterocycles. The molecule has 1 amide bonds. The van der Waals surface area contributed by atoms with Gasteiger partial charge in [0.25, 0.3) is 5.89 Å². The van der Waals surface area contributed by atoms with Gasteiger partial charge in [0.1, 0.15) is 4.88 Å². The molecule has 0 atom stereocenters. The van der Waals surface area contributed by atoms with Crippen molar-refractivity contribution in [3.8, 4) is 22.2 Å². The maximum absolute atomic E-state index is 12.1. The third kappa shape index (κ3) is 4.89.